The van der Waals surface area contributed by atoms with Crippen molar-refractivity contribution < 1.29 is 13.9 Å². The monoisotopic (exact) mass is 237 g/mol. The number of hydrogen-bond acceptors (Lipinski definition) is 3. The Morgan fingerprint density at radius 3 is 2.76 bits per heavy atom. The van der Waals surface area contributed by atoms with Gasteiger partial charge >= 0.3 is 0 Å². The Morgan fingerprint density at radius 1 is 1.35 bits per heavy atom. The molecular formula is C13H16FNO2. The number of aryl methyl sites for hydroxylation is 1. The molecule has 1 fully saturated rings. The lowest BCUT2D eigenvalue weighted by Crippen LogP contribution is -2.36. The molecule has 0 amide bonds. The highest BCUT2D eigenvalue weighted by Crippen LogP contribution is 2.21. The molecule has 1 saturated heterocycles. The van der Waals surface area contributed by atoms with Crippen molar-refractivity contribution in [3.05, 3.63) is 29.6 Å². The van der Waals surface area contributed by atoms with Gasteiger partial charge in [0.25, 0.3) is 0 Å². The number of anilines is 1. The van der Waals surface area contributed by atoms with E-state index in [1.54, 1.807) is 6.07 Å². The third-order valence-corrected chi connectivity index (χ3v) is 2.91. The summed E-state index contributed by atoms with van der Waals surface area (Å²) in [7, 11) is 0. The molecule has 1 heterocycles. The van der Waals surface area contributed by atoms with Gasteiger partial charge < -0.3 is 14.4 Å². The van der Waals surface area contributed by atoms with E-state index in [1.165, 1.54) is 6.07 Å². The van der Waals surface area contributed by atoms with E-state index in [0.717, 1.165) is 24.9 Å². The highest BCUT2D eigenvalue weighted by molar-refractivity contribution is 5.52. The zero-order chi connectivity index (χ0) is 12.1. The van der Waals surface area contributed by atoms with Crippen molar-refractivity contribution in [2.24, 2.45) is 0 Å². The van der Waals surface area contributed by atoms with Crippen LogP contribution in [0.4, 0.5) is 10.1 Å². The van der Waals surface area contributed by atoms with Crippen LogP contribution < -0.4 is 4.90 Å². The van der Waals surface area contributed by atoms with Gasteiger partial charge in [-0.25, -0.2) is 4.39 Å². The zero-order valence-corrected chi connectivity index (χ0v) is 9.69. The Kier molecular flexibility index (Phi) is 4.09. The van der Waals surface area contributed by atoms with E-state index < -0.39 is 0 Å². The van der Waals surface area contributed by atoms with Crippen LogP contribution in [0.5, 0.6) is 0 Å². The molecule has 0 spiro atoms. The van der Waals surface area contributed by atoms with E-state index >= 15 is 0 Å². The van der Waals surface area contributed by atoms with Gasteiger partial charge in [-0.05, 0) is 24.1 Å². The lowest BCUT2D eigenvalue weighted by molar-refractivity contribution is -0.107. The predicted octanol–water partition coefficient (Wildman–Crippen LogP) is 1.79. The smallest absolute Gasteiger partial charge is 0.146 e. The molecular weight excluding hydrogens is 221 g/mol. The van der Waals surface area contributed by atoms with E-state index in [4.69, 9.17) is 4.74 Å². The van der Waals surface area contributed by atoms with Crippen LogP contribution in [0.1, 0.15) is 12.0 Å². The summed E-state index contributed by atoms with van der Waals surface area (Å²) < 4.78 is 19.1. The lowest BCUT2D eigenvalue weighted by atomic mass is 10.1. The molecule has 0 unspecified atom stereocenters. The maximum atomic E-state index is 13.9. The van der Waals surface area contributed by atoms with Crippen LogP contribution in [0.25, 0.3) is 0 Å². The molecule has 0 bridgehead atoms. The van der Waals surface area contributed by atoms with E-state index in [1.807, 2.05) is 11.0 Å². The first-order valence-electron chi connectivity index (χ1n) is 5.86. The van der Waals surface area contributed by atoms with Gasteiger partial charge in [0.2, 0.25) is 0 Å². The van der Waals surface area contributed by atoms with Gasteiger partial charge in [-0.1, -0.05) is 6.07 Å². The summed E-state index contributed by atoms with van der Waals surface area (Å²) in [5.41, 5.74) is 1.50. The molecule has 17 heavy (non-hydrogen) atoms. The van der Waals surface area contributed by atoms with Crippen molar-refractivity contribution in [2.75, 3.05) is 31.2 Å². The molecule has 0 aliphatic carbocycles. The second kappa shape index (κ2) is 5.77. The average molecular weight is 237 g/mol. The Labute approximate surface area is 100 Å². The van der Waals surface area contributed by atoms with E-state index in [0.29, 0.717) is 31.7 Å². The van der Waals surface area contributed by atoms with E-state index in [-0.39, 0.29) is 5.82 Å². The number of aldehydes is 1. The fraction of sp³-hybridized carbons (Fsp3) is 0.462. The van der Waals surface area contributed by atoms with Crippen molar-refractivity contribution >= 4 is 12.0 Å². The van der Waals surface area contributed by atoms with Gasteiger partial charge in [-0.15, -0.1) is 0 Å². The second-order valence-electron chi connectivity index (χ2n) is 4.09. The largest absolute Gasteiger partial charge is 0.378 e. The third-order valence-electron chi connectivity index (χ3n) is 2.91. The number of carbonyl (C=O) groups excluding carboxylic acids is 1. The van der Waals surface area contributed by atoms with Crippen molar-refractivity contribution in [1.29, 1.82) is 0 Å². The van der Waals surface area contributed by atoms with Crippen LogP contribution in [0.15, 0.2) is 18.2 Å². The molecule has 1 aliphatic heterocycles. The Balaban J connectivity index is 2.10. The fourth-order valence-corrected chi connectivity index (χ4v) is 1.99. The summed E-state index contributed by atoms with van der Waals surface area (Å²) in [5, 5.41) is 0. The van der Waals surface area contributed by atoms with Gasteiger partial charge in [0.05, 0.1) is 18.9 Å². The summed E-state index contributed by atoms with van der Waals surface area (Å²) in [5.74, 6) is -0.213. The second-order valence-corrected chi connectivity index (χ2v) is 4.09. The van der Waals surface area contributed by atoms with Crippen LogP contribution in [0, 0.1) is 5.82 Å². The number of nitrogens with zero attached hydrogens (tertiary/aromatic N) is 1. The molecule has 0 N–H and O–H groups in total. The van der Waals surface area contributed by atoms with Crippen molar-refractivity contribution in [3.8, 4) is 0 Å². The molecule has 0 atom stereocenters. The predicted molar refractivity (Wildman–Crippen MR) is 63.8 cm³/mol. The van der Waals surface area contributed by atoms with Crippen LogP contribution in [-0.4, -0.2) is 32.6 Å². The fourth-order valence-electron chi connectivity index (χ4n) is 1.99. The maximum Gasteiger partial charge on any atom is 0.146 e. The first-order chi connectivity index (χ1) is 8.31. The minimum Gasteiger partial charge on any atom is -0.378 e. The Bertz CT molecular complexity index is 389. The van der Waals surface area contributed by atoms with Crippen LogP contribution in [-0.2, 0) is 16.0 Å². The quantitative estimate of drug-likeness (QED) is 0.748. The van der Waals surface area contributed by atoms with Crippen molar-refractivity contribution in [1.82, 2.24) is 0 Å². The average Bonchev–Trinajstić information content (AvgIpc) is 2.37. The summed E-state index contributed by atoms with van der Waals surface area (Å²) in [6.45, 7) is 2.74. The minimum atomic E-state index is -0.213. The van der Waals surface area contributed by atoms with Crippen molar-refractivity contribution in [3.63, 3.8) is 0 Å². The number of benzene rings is 1. The maximum absolute atomic E-state index is 13.9. The Morgan fingerprint density at radius 2 is 2.12 bits per heavy atom. The van der Waals surface area contributed by atoms with Crippen molar-refractivity contribution in [2.45, 2.75) is 12.8 Å². The molecule has 0 saturated carbocycles. The van der Waals surface area contributed by atoms with Crippen LogP contribution in [0.2, 0.25) is 0 Å². The summed E-state index contributed by atoms with van der Waals surface area (Å²) in [4.78, 5) is 12.2. The molecule has 3 nitrogen and oxygen atoms in total. The van der Waals surface area contributed by atoms with Crippen LogP contribution in [0.3, 0.4) is 0 Å². The molecule has 0 aromatic heterocycles. The van der Waals surface area contributed by atoms with Gasteiger partial charge in [0, 0.05) is 19.5 Å². The first kappa shape index (κ1) is 12.0. The van der Waals surface area contributed by atoms with Gasteiger partial charge in [0.1, 0.15) is 12.1 Å². The SMILES string of the molecule is O=CCCc1ccc(N2CCOCC2)c(F)c1. The molecule has 2 rings (SSSR count). The number of ether oxygens (including phenoxy) is 1. The standard InChI is InChI=1S/C13H16FNO2/c14-12-10-11(2-1-7-16)3-4-13(12)15-5-8-17-9-6-15/h3-4,7,10H,1-2,5-6,8-9H2. The zero-order valence-electron chi connectivity index (χ0n) is 9.69. The number of halogens is 1. The number of hydrogen-bond donors (Lipinski definition) is 0. The molecule has 4 heteroatoms. The molecule has 1 aromatic rings. The Hall–Kier alpha value is -1.42. The van der Waals surface area contributed by atoms with Gasteiger partial charge in [0.15, 0.2) is 0 Å². The summed E-state index contributed by atoms with van der Waals surface area (Å²) in [6.07, 6.45) is 1.90. The number of rotatable bonds is 4. The molecule has 0 radical (unpaired) electrons. The number of morpholine rings is 1. The van der Waals surface area contributed by atoms with E-state index in [9.17, 15) is 9.18 Å². The summed E-state index contributed by atoms with van der Waals surface area (Å²) >= 11 is 0. The number of carbonyl (C=O) groups is 1. The normalized spacial score (nSPS) is 15.9. The molecule has 1 aromatic carbocycles. The summed E-state index contributed by atoms with van der Waals surface area (Å²) in [6, 6.07) is 5.20. The van der Waals surface area contributed by atoms with E-state index in [2.05, 4.69) is 0 Å². The first-order valence-corrected chi connectivity index (χ1v) is 5.86. The minimum absolute atomic E-state index is 0.213. The molecule has 92 valence electrons. The van der Waals surface area contributed by atoms with Gasteiger partial charge in [-0.3, -0.25) is 0 Å². The topological polar surface area (TPSA) is 29.5 Å². The third kappa shape index (κ3) is 3.03. The lowest BCUT2D eigenvalue weighted by Gasteiger charge is -2.29. The van der Waals surface area contributed by atoms with Crippen LogP contribution >= 0.6 is 0 Å². The highest BCUT2D eigenvalue weighted by atomic mass is 19.1. The highest BCUT2D eigenvalue weighted by Gasteiger charge is 2.14. The molecule has 1 aliphatic rings. The van der Waals surface area contributed by atoms with Gasteiger partial charge in [-0.2, -0.15) is 0 Å².